The zero-order valence-electron chi connectivity index (χ0n) is 15.0. The molecule has 0 atom stereocenters. The molecule has 2 fully saturated rings. The van der Waals surface area contributed by atoms with Gasteiger partial charge in [0.15, 0.2) is 0 Å². The van der Waals surface area contributed by atoms with Gasteiger partial charge in [-0.15, -0.1) is 0 Å². The van der Waals surface area contributed by atoms with Crippen LogP contribution in [-0.4, -0.2) is 36.3 Å². The lowest BCUT2D eigenvalue weighted by molar-refractivity contribution is -0.140. The summed E-state index contributed by atoms with van der Waals surface area (Å²) in [5.41, 5.74) is 0. The lowest BCUT2D eigenvalue weighted by Crippen LogP contribution is -2.45. The van der Waals surface area contributed by atoms with Crippen molar-refractivity contribution in [3.05, 3.63) is 0 Å². The Balaban J connectivity index is 1.72. The Labute approximate surface area is 141 Å². The molecule has 0 unspecified atom stereocenters. The molecular formula is C19H34N2O2. The Morgan fingerprint density at radius 2 is 1.61 bits per heavy atom. The summed E-state index contributed by atoms with van der Waals surface area (Å²) in [4.78, 5) is 26.6. The second kappa shape index (κ2) is 9.29. The normalized spacial score (nSPS) is 26.1. The maximum absolute atomic E-state index is 12.7. The van der Waals surface area contributed by atoms with E-state index in [0.29, 0.717) is 12.5 Å². The van der Waals surface area contributed by atoms with Gasteiger partial charge in [0.25, 0.3) is 0 Å². The number of piperidine rings is 1. The smallest absolute Gasteiger partial charge is 0.225 e. The number of likely N-dealkylation sites (tertiary alicyclic amines) is 1. The Morgan fingerprint density at radius 3 is 2.17 bits per heavy atom. The van der Waals surface area contributed by atoms with Gasteiger partial charge in [-0.2, -0.15) is 0 Å². The van der Waals surface area contributed by atoms with Crippen LogP contribution in [0.2, 0.25) is 0 Å². The van der Waals surface area contributed by atoms with Crippen molar-refractivity contribution in [1.29, 1.82) is 0 Å². The van der Waals surface area contributed by atoms with Crippen LogP contribution in [0.1, 0.15) is 71.6 Å². The van der Waals surface area contributed by atoms with Crippen LogP contribution in [0.15, 0.2) is 0 Å². The predicted molar refractivity (Wildman–Crippen MR) is 93.0 cm³/mol. The third kappa shape index (κ3) is 5.22. The molecule has 0 bridgehead atoms. The quantitative estimate of drug-likeness (QED) is 0.815. The summed E-state index contributed by atoms with van der Waals surface area (Å²) >= 11 is 0. The number of carbonyl (C=O) groups is 2. The van der Waals surface area contributed by atoms with E-state index in [-0.39, 0.29) is 17.7 Å². The number of nitrogens with zero attached hydrogens (tertiary/aromatic N) is 1. The summed E-state index contributed by atoms with van der Waals surface area (Å²) in [5.74, 6) is 1.71. The molecule has 0 aromatic rings. The molecule has 2 aliphatic rings. The zero-order valence-corrected chi connectivity index (χ0v) is 15.0. The molecule has 0 radical (unpaired) electrons. The Kier molecular flexibility index (Phi) is 7.38. The summed E-state index contributed by atoms with van der Waals surface area (Å²) < 4.78 is 0. The van der Waals surface area contributed by atoms with Gasteiger partial charge in [-0.3, -0.25) is 9.59 Å². The van der Waals surface area contributed by atoms with E-state index in [2.05, 4.69) is 12.2 Å². The van der Waals surface area contributed by atoms with Crippen molar-refractivity contribution in [2.24, 2.45) is 17.8 Å². The van der Waals surface area contributed by atoms with Gasteiger partial charge in [0.2, 0.25) is 11.8 Å². The van der Waals surface area contributed by atoms with Gasteiger partial charge in [0.05, 0.1) is 0 Å². The fourth-order valence-electron chi connectivity index (χ4n) is 4.13. The van der Waals surface area contributed by atoms with Crippen LogP contribution in [0, 0.1) is 17.8 Å². The molecule has 0 aromatic carbocycles. The SMILES string of the molecule is CCCCC1CCC(C(=O)N2CCC(C(=O)NCC)CC2)CC1. The van der Waals surface area contributed by atoms with E-state index in [9.17, 15) is 9.59 Å². The highest BCUT2D eigenvalue weighted by Crippen LogP contribution is 2.33. The highest BCUT2D eigenvalue weighted by molar-refractivity contribution is 5.81. The average molecular weight is 322 g/mol. The minimum atomic E-state index is 0.101. The Morgan fingerprint density at radius 1 is 0.957 bits per heavy atom. The maximum atomic E-state index is 12.7. The van der Waals surface area contributed by atoms with E-state index in [1.807, 2.05) is 11.8 Å². The largest absolute Gasteiger partial charge is 0.356 e. The molecule has 1 aliphatic carbocycles. The molecule has 1 saturated carbocycles. The van der Waals surface area contributed by atoms with E-state index in [0.717, 1.165) is 44.7 Å². The van der Waals surface area contributed by atoms with Crippen LogP contribution in [0.25, 0.3) is 0 Å². The molecule has 2 amide bonds. The zero-order chi connectivity index (χ0) is 16.7. The monoisotopic (exact) mass is 322 g/mol. The van der Waals surface area contributed by atoms with E-state index in [1.165, 1.54) is 32.1 Å². The molecule has 4 heteroatoms. The van der Waals surface area contributed by atoms with Gasteiger partial charge in [-0.1, -0.05) is 26.2 Å². The van der Waals surface area contributed by atoms with Crippen LogP contribution in [0.4, 0.5) is 0 Å². The standard InChI is InChI=1S/C19H34N2O2/c1-3-5-6-15-7-9-17(10-8-15)19(23)21-13-11-16(12-14-21)18(22)20-4-2/h15-17H,3-14H2,1-2H3,(H,20,22). The molecule has 23 heavy (non-hydrogen) atoms. The van der Waals surface area contributed by atoms with E-state index in [4.69, 9.17) is 0 Å². The van der Waals surface area contributed by atoms with Crippen LogP contribution < -0.4 is 5.32 Å². The lowest BCUT2D eigenvalue weighted by Gasteiger charge is -2.36. The van der Waals surface area contributed by atoms with Crippen molar-refractivity contribution >= 4 is 11.8 Å². The van der Waals surface area contributed by atoms with Gasteiger partial charge in [-0.25, -0.2) is 0 Å². The van der Waals surface area contributed by atoms with Crippen molar-refractivity contribution in [2.45, 2.75) is 71.6 Å². The van der Waals surface area contributed by atoms with Crippen molar-refractivity contribution in [1.82, 2.24) is 10.2 Å². The molecule has 1 saturated heterocycles. The first kappa shape index (κ1) is 18.3. The number of hydrogen-bond acceptors (Lipinski definition) is 2. The van der Waals surface area contributed by atoms with Crippen molar-refractivity contribution in [3.63, 3.8) is 0 Å². The van der Waals surface area contributed by atoms with Gasteiger partial charge >= 0.3 is 0 Å². The van der Waals surface area contributed by atoms with Crippen molar-refractivity contribution in [2.75, 3.05) is 19.6 Å². The first-order valence-corrected chi connectivity index (χ1v) is 9.72. The number of hydrogen-bond donors (Lipinski definition) is 1. The molecule has 1 aliphatic heterocycles. The van der Waals surface area contributed by atoms with Crippen LogP contribution in [0.3, 0.4) is 0 Å². The molecule has 132 valence electrons. The van der Waals surface area contributed by atoms with Gasteiger partial charge in [-0.05, 0) is 51.4 Å². The number of unbranched alkanes of at least 4 members (excludes halogenated alkanes) is 1. The fraction of sp³-hybridized carbons (Fsp3) is 0.895. The van der Waals surface area contributed by atoms with Gasteiger partial charge in [0.1, 0.15) is 0 Å². The third-order valence-electron chi connectivity index (χ3n) is 5.69. The molecular weight excluding hydrogens is 288 g/mol. The van der Waals surface area contributed by atoms with Crippen LogP contribution >= 0.6 is 0 Å². The number of carbonyl (C=O) groups excluding carboxylic acids is 2. The number of nitrogens with one attached hydrogen (secondary N) is 1. The van der Waals surface area contributed by atoms with Gasteiger partial charge < -0.3 is 10.2 Å². The Bertz CT molecular complexity index is 381. The molecule has 0 aromatic heterocycles. The maximum Gasteiger partial charge on any atom is 0.225 e. The molecule has 2 rings (SSSR count). The topological polar surface area (TPSA) is 49.4 Å². The van der Waals surface area contributed by atoms with E-state index in [1.54, 1.807) is 0 Å². The third-order valence-corrected chi connectivity index (χ3v) is 5.69. The lowest BCUT2D eigenvalue weighted by atomic mass is 9.79. The summed E-state index contributed by atoms with van der Waals surface area (Å²) in [6, 6.07) is 0. The summed E-state index contributed by atoms with van der Waals surface area (Å²) in [7, 11) is 0. The van der Waals surface area contributed by atoms with Crippen molar-refractivity contribution < 1.29 is 9.59 Å². The minimum Gasteiger partial charge on any atom is -0.356 e. The van der Waals surface area contributed by atoms with E-state index >= 15 is 0 Å². The molecule has 1 N–H and O–H groups in total. The number of amides is 2. The van der Waals surface area contributed by atoms with Crippen LogP contribution in [-0.2, 0) is 9.59 Å². The summed E-state index contributed by atoms with van der Waals surface area (Å²) in [5, 5.41) is 2.90. The van der Waals surface area contributed by atoms with Gasteiger partial charge in [0, 0.05) is 31.5 Å². The highest BCUT2D eigenvalue weighted by Gasteiger charge is 2.32. The van der Waals surface area contributed by atoms with E-state index < -0.39 is 0 Å². The Hall–Kier alpha value is -1.06. The fourth-order valence-corrected chi connectivity index (χ4v) is 4.13. The number of rotatable bonds is 6. The molecule has 1 heterocycles. The summed E-state index contributed by atoms with van der Waals surface area (Å²) in [6.07, 6.45) is 10.2. The predicted octanol–water partition coefficient (Wildman–Crippen LogP) is 3.36. The molecule has 4 nitrogen and oxygen atoms in total. The first-order chi connectivity index (χ1) is 11.2. The minimum absolute atomic E-state index is 0.101. The molecule has 0 spiro atoms. The average Bonchev–Trinajstić information content (AvgIpc) is 2.60. The van der Waals surface area contributed by atoms with Crippen LogP contribution in [0.5, 0.6) is 0 Å². The highest BCUT2D eigenvalue weighted by atomic mass is 16.2. The summed E-state index contributed by atoms with van der Waals surface area (Å²) in [6.45, 7) is 6.42. The second-order valence-electron chi connectivity index (χ2n) is 7.35. The first-order valence-electron chi connectivity index (χ1n) is 9.72. The van der Waals surface area contributed by atoms with Crippen molar-refractivity contribution in [3.8, 4) is 0 Å². The second-order valence-corrected chi connectivity index (χ2v) is 7.35.